The van der Waals surface area contributed by atoms with E-state index in [4.69, 9.17) is 9.47 Å². The van der Waals surface area contributed by atoms with E-state index in [9.17, 15) is 14.4 Å². The van der Waals surface area contributed by atoms with Gasteiger partial charge in [0.05, 0.1) is 0 Å². The highest BCUT2D eigenvalue weighted by Crippen LogP contribution is 2.24. The SMILES string of the molecule is C[C@@H]1CCCC[C@H]1NC(=O)[C@H](CCC(=O)OCc1ccccc1)NC(=O)OCc1ccccc1. The lowest BCUT2D eigenvalue weighted by Crippen LogP contribution is -2.51. The molecule has 7 heteroatoms. The summed E-state index contributed by atoms with van der Waals surface area (Å²) in [5, 5.41) is 5.71. The summed E-state index contributed by atoms with van der Waals surface area (Å²) in [6.07, 6.45) is 3.64. The Bertz CT molecular complexity index is 919. The van der Waals surface area contributed by atoms with Crippen molar-refractivity contribution in [1.29, 1.82) is 0 Å². The molecule has 7 nitrogen and oxygen atoms in total. The van der Waals surface area contributed by atoms with Crippen molar-refractivity contribution in [1.82, 2.24) is 10.6 Å². The minimum Gasteiger partial charge on any atom is -0.461 e. The molecule has 1 aliphatic carbocycles. The van der Waals surface area contributed by atoms with Crippen LogP contribution in [-0.2, 0) is 32.3 Å². The molecule has 0 bridgehead atoms. The van der Waals surface area contributed by atoms with Crippen molar-refractivity contribution in [2.45, 2.75) is 70.7 Å². The van der Waals surface area contributed by atoms with Crippen LogP contribution in [0.25, 0.3) is 0 Å². The highest BCUT2D eigenvalue weighted by molar-refractivity contribution is 5.86. The average molecular weight is 467 g/mol. The molecule has 34 heavy (non-hydrogen) atoms. The van der Waals surface area contributed by atoms with E-state index >= 15 is 0 Å². The molecule has 0 unspecified atom stereocenters. The highest BCUT2D eigenvalue weighted by Gasteiger charge is 2.28. The smallest absolute Gasteiger partial charge is 0.408 e. The maximum Gasteiger partial charge on any atom is 0.408 e. The fraction of sp³-hybridized carbons (Fsp3) is 0.444. The molecule has 0 aliphatic heterocycles. The number of hydrogen-bond donors (Lipinski definition) is 2. The molecule has 0 aromatic heterocycles. The molecule has 3 atom stereocenters. The Hall–Kier alpha value is -3.35. The quantitative estimate of drug-likeness (QED) is 0.503. The normalized spacial score (nSPS) is 18.4. The molecule has 0 heterocycles. The van der Waals surface area contributed by atoms with Crippen molar-refractivity contribution in [3.63, 3.8) is 0 Å². The first-order valence-corrected chi connectivity index (χ1v) is 12.0. The first-order valence-electron chi connectivity index (χ1n) is 12.0. The van der Waals surface area contributed by atoms with Gasteiger partial charge in [-0.1, -0.05) is 80.4 Å². The van der Waals surface area contributed by atoms with Gasteiger partial charge in [-0.05, 0) is 36.3 Å². The van der Waals surface area contributed by atoms with Gasteiger partial charge in [0.25, 0.3) is 0 Å². The zero-order valence-corrected chi connectivity index (χ0v) is 19.7. The van der Waals surface area contributed by atoms with Crippen LogP contribution in [0.2, 0.25) is 0 Å². The third-order valence-electron chi connectivity index (χ3n) is 6.14. The van der Waals surface area contributed by atoms with Gasteiger partial charge >= 0.3 is 12.1 Å². The van der Waals surface area contributed by atoms with Crippen LogP contribution in [0.1, 0.15) is 56.6 Å². The molecule has 2 N–H and O–H groups in total. The van der Waals surface area contributed by atoms with Crippen molar-refractivity contribution in [2.75, 3.05) is 0 Å². The predicted molar refractivity (Wildman–Crippen MR) is 129 cm³/mol. The predicted octanol–water partition coefficient (Wildman–Crippen LogP) is 4.50. The second kappa shape index (κ2) is 13.4. The van der Waals surface area contributed by atoms with E-state index in [1.54, 1.807) is 0 Å². The largest absolute Gasteiger partial charge is 0.461 e. The number of alkyl carbamates (subject to hydrolysis) is 1. The van der Waals surface area contributed by atoms with Gasteiger partial charge in [0.15, 0.2) is 0 Å². The Morgan fingerprint density at radius 1 is 0.882 bits per heavy atom. The lowest BCUT2D eigenvalue weighted by molar-refractivity contribution is -0.145. The Balaban J connectivity index is 1.54. The van der Waals surface area contributed by atoms with Crippen molar-refractivity contribution in [2.24, 2.45) is 5.92 Å². The molecule has 2 amide bonds. The summed E-state index contributed by atoms with van der Waals surface area (Å²) in [5.41, 5.74) is 1.73. The summed E-state index contributed by atoms with van der Waals surface area (Å²) in [5.74, 6) is -0.349. The number of carbonyl (C=O) groups excluding carboxylic acids is 3. The Labute approximate surface area is 201 Å². The van der Waals surface area contributed by atoms with Crippen LogP contribution in [0.15, 0.2) is 60.7 Å². The van der Waals surface area contributed by atoms with Crippen LogP contribution in [-0.4, -0.2) is 30.1 Å². The molecular formula is C27H34N2O5. The van der Waals surface area contributed by atoms with Crippen LogP contribution >= 0.6 is 0 Å². The number of rotatable bonds is 10. The van der Waals surface area contributed by atoms with Crippen molar-refractivity contribution < 1.29 is 23.9 Å². The number of carbonyl (C=O) groups is 3. The van der Waals surface area contributed by atoms with Gasteiger partial charge in [-0.25, -0.2) is 4.79 Å². The molecule has 2 aromatic carbocycles. The Morgan fingerprint density at radius 2 is 1.47 bits per heavy atom. The van der Waals surface area contributed by atoms with Crippen molar-refractivity contribution in [3.8, 4) is 0 Å². The molecule has 0 spiro atoms. The zero-order valence-electron chi connectivity index (χ0n) is 19.7. The number of esters is 1. The van der Waals surface area contributed by atoms with E-state index in [-0.39, 0.29) is 38.0 Å². The van der Waals surface area contributed by atoms with Crippen molar-refractivity contribution in [3.05, 3.63) is 71.8 Å². The van der Waals surface area contributed by atoms with E-state index in [1.165, 1.54) is 0 Å². The number of hydrogen-bond acceptors (Lipinski definition) is 5. The summed E-state index contributed by atoms with van der Waals surface area (Å²) < 4.78 is 10.6. The Kier molecular flexibility index (Phi) is 9.95. The van der Waals surface area contributed by atoms with Crippen LogP contribution in [0.3, 0.4) is 0 Å². The van der Waals surface area contributed by atoms with E-state index in [1.807, 2.05) is 60.7 Å². The topological polar surface area (TPSA) is 93.7 Å². The van der Waals surface area contributed by atoms with Crippen LogP contribution < -0.4 is 10.6 Å². The summed E-state index contributed by atoms with van der Waals surface area (Å²) in [6, 6.07) is 17.9. The summed E-state index contributed by atoms with van der Waals surface area (Å²) in [6.45, 7) is 2.39. The maximum atomic E-state index is 13.0. The molecular weight excluding hydrogens is 432 g/mol. The molecule has 182 valence electrons. The maximum absolute atomic E-state index is 13.0. The average Bonchev–Trinajstić information content (AvgIpc) is 2.86. The van der Waals surface area contributed by atoms with Crippen LogP contribution in [0, 0.1) is 5.92 Å². The first-order chi connectivity index (χ1) is 16.5. The Morgan fingerprint density at radius 3 is 2.09 bits per heavy atom. The summed E-state index contributed by atoms with van der Waals surface area (Å²) in [4.78, 5) is 37.7. The molecule has 2 aromatic rings. The van der Waals surface area contributed by atoms with Gasteiger partial charge in [0, 0.05) is 12.5 Å². The van der Waals surface area contributed by atoms with Gasteiger partial charge in [-0.3, -0.25) is 9.59 Å². The fourth-order valence-corrected chi connectivity index (χ4v) is 4.06. The standard InChI is InChI=1S/C27H34N2O5/c1-20-10-8-9-15-23(20)28-26(31)24(29-27(32)34-19-22-13-6-3-7-14-22)16-17-25(30)33-18-21-11-4-2-5-12-21/h2-7,11-14,20,23-24H,8-10,15-19H2,1H3,(H,28,31)(H,29,32)/t20-,23-,24+/m1/s1. The zero-order chi connectivity index (χ0) is 24.2. The molecule has 1 saturated carbocycles. The molecule has 3 rings (SSSR count). The molecule has 1 fully saturated rings. The van der Waals surface area contributed by atoms with Crippen molar-refractivity contribution >= 4 is 18.0 Å². The fourth-order valence-electron chi connectivity index (χ4n) is 4.06. The van der Waals surface area contributed by atoms with E-state index in [0.29, 0.717) is 5.92 Å². The lowest BCUT2D eigenvalue weighted by atomic mass is 9.86. The summed E-state index contributed by atoms with van der Waals surface area (Å²) in [7, 11) is 0. The molecule has 1 aliphatic rings. The van der Waals surface area contributed by atoms with Crippen LogP contribution in [0.5, 0.6) is 0 Å². The number of ether oxygens (including phenoxy) is 2. The van der Waals surface area contributed by atoms with Gasteiger partial charge < -0.3 is 20.1 Å². The second-order valence-electron chi connectivity index (χ2n) is 8.82. The lowest BCUT2D eigenvalue weighted by Gasteiger charge is -2.31. The second-order valence-corrected chi connectivity index (χ2v) is 8.82. The minimum atomic E-state index is -0.887. The molecule has 0 saturated heterocycles. The van der Waals surface area contributed by atoms with Gasteiger partial charge in [0.2, 0.25) is 5.91 Å². The number of amides is 2. The third-order valence-corrected chi connectivity index (χ3v) is 6.14. The van der Waals surface area contributed by atoms with Gasteiger partial charge in [-0.15, -0.1) is 0 Å². The van der Waals surface area contributed by atoms with E-state index < -0.39 is 18.1 Å². The van der Waals surface area contributed by atoms with Crippen LogP contribution in [0.4, 0.5) is 4.79 Å². The minimum absolute atomic E-state index is 0.00407. The van der Waals surface area contributed by atoms with E-state index in [2.05, 4.69) is 17.6 Å². The highest BCUT2D eigenvalue weighted by atomic mass is 16.5. The van der Waals surface area contributed by atoms with Gasteiger partial charge in [-0.2, -0.15) is 0 Å². The number of nitrogens with one attached hydrogen (secondary N) is 2. The van der Waals surface area contributed by atoms with Gasteiger partial charge in [0.1, 0.15) is 19.3 Å². The third kappa shape index (κ3) is 8.54. The first kappa shape index (κ1) is 25.3. The molecule has 0 radical (unpaired) electrons. The van der Waals surface area contributed by atoms with E-state index in [0.717, 1.165) is 36.8 Å². The number of benzene rings is 2. The monoisotopic (exact) mass is 466 g/mol. The summed E-state index contributed by atoms with van der Waals surface area (Å²) >= 11 is 0.